The summed E-state index contributed by atoms with van der Waals surface area (Å²) in [7, 11) is 0. The van der Waals surface area contributed by atoms with Crippen molar-refractivity contribution in [3.8, 4) is 0 Å². The van der Waals surface area contributed by atoms with E-state index in [0.29, 0.717) is 0 Å². The highest BCUT2D eigenvalue weighted by atomic mass is 35.5. The molecule has 0 aromatic rings. The van der Waals surface area contributed by atoms with E-state index in [4.69, 9.17) is 23.2 Å². The van der Waals surface area contributed by atoms with Gasteiger partial charge in [-0.05, 0) is 25.8 Å². The van der Waals surface area contributed by atoms with Gasteiger partial charge in [0, 0.05) is 10.1 Å². The van der Waals surface area contributed by atoms with Gasteiger partial charge in [-0.2, -0.15) is 0 Å². The van der Waals surface area contributed by atoms with Gasteiger partial charge in [-0.25, -0.2) is 0 Å². The standard InChI is InChI=1S/C8H12Cl2/c1-4-5-8(10)6(2)7(3)9/h5H,4H2,1-3H3/b7-6+,8-5+. The molecule has 0 aliphatic rings. The van der Waals surface area contributed by atoms with Crippen LogP contribution in [-0.2, 0) is 0 Å². The van der Waals surface area contributed by atoms with E-state index in [-0.39, 0.29) is 0 Å². The Labute approximate surface area is 72.5 Å². The van der Waals surface area contributed by atoms with Crippen LogP contribution in [0.3, 0.4) is 0 Å². The highest BCUT2D eigenvalue weighted by molar-refractivity contribution is 6.35. The molecule has 0 saturated heterocycles. The minimum absolute atomic E-state index is 0.759. The van der Waals surface area contributed by atoms with Crippen molar-refractivity contribution in [2.45, 2.75) is 27.2 Å². The van der Waals surface area contributed by atoms with Crippen LogP contribution < -0.4 is 0 Å². The minimum atomic E-state index is 0.759. The molecule has 0 nitrogen and oxygen atoms in total. The summed E-state index contributed by atoms with van der Waals surface area (Å²) in [5.74, 6) is 0. The predicted molar refractivity (Wildman–Crippen MR) is 48.5 cm³/mol. The summed E-state index contributed by atoms with van der Waals surface area (Å²) in [6, 6.07) is 0. The van der Waals surface area contributed by atoms with Crippen molar-refractivity contribution >= 4 is 23.2 Å². The molecule has 0 aromatic carbocycles. The summed E-state index contributed by atoms with van der Waals surface area (Å²) in [6.07, 6.45) is 2.89. The molecule has 10 heavy (non-hydrogen) atoms. The molecule has 0 spiro atoms. The maximum Gasteiger partial charge on any atom is 0.0406 e. The fraction of sp³-hybridized carbons (Fsp3) is 0.500. The van der Waals surface area contributed by atoms with Gasteiger partial charge in [0.1, 0.15) is 0 Å². The van der Waals surface area contributed by atoms with Crippen molar-refractivity contribution in [1.82, 2.24) is 0 Å². The lowest BCUT2D eigenvalue weighted by molar-refractivity contribution is 1.21. The Bertz CT molecular complexity index is 162. The monoisotopic (exact) mass is 178 g/mol. The Morgan fingerprint density at radius 3 is 2.10 bits per heavy atom. The second kappa shape index (κ2) is 4.81. The van der Waals surface area contributed by atoms with Crippen LogP contribution in [0.25, 0.3) is 0 Å². The van der Waals surface area contributed by atoms with Crippen LogP contribution in [0.5, 0.6) is 0 Å². The highest BCUT2D eigenvalue weighted by Crippen LogP contribution is 2.20. The van der Waals surface area contributed by atoms with Crippen molar-refractivity contribution in [1.29, 1.82) is 0 Å². The molecule has 0 fully saturated rings. The number of allylic oxidation sites excluding steroid dienone is 4. The molecule has 0 bridgehead atoms. The van der Waals surface area contributed by atoms with Gasteiger partial charge in [0.05, 0.1) is 0 Å². The maximum atomic E-state index is 5.85. The van der Waals surface area contributed by atoms with E-state index in [1.54, 1.807) is 0 Å². The summed E-state index contributed by atoms with van der Waals surface area (Å²) < 4.78 is 0. The van der Waals surface area contributed by atoms with Crippen molar-refractivity contribution < 1.29 is 0 Å². The lowest BCUT2D eigenvalue weighted by atomic mass is 10.2. The summed E-state index contributed by atoms with van der Waals surface area (Å²) >= 11 is 11.6. The van der Waals surface area contributed by atoms with Crippen LogP contribution in [0, 0.1) is 0 Å². The van der Waals surface area contributed by atoms with Crippen molar-refractivity contribution in [2.75, 3.05) is 0 Å². The number of rotatable bonds is 2. The SMILES string of the molecule is CC/C=C(Cl)\C(C)=C(/C)Cl. The zero-order valence-corrected chi connectivity index (χ0v) is 8.05. The van der Waals surface area contributed by atoms with Gasteiger partial charge < -0.3 is 0 Å². The molecule has 0 aromatic heterocycles. The third kappa shape index (κ3) is 3.28. The lowest BCUT2D eigenvalue weighted by Gasteiger charge is -1.98. The van der Waals surface area contributed by atoms with Crippen LogP contribution in [0.2, 0.25) is 0 Å². The Morgan fingerprint density at radius 1 is 1.30 bits per heavy atom. The van der Waals surface area contributed by atoms with Crippen molar-refractivity contribution in [3.63, 3.8) is 0 Å². The smallest absolute Gasteiger partial charge is 0.0406 e. The third-order valence-corrected chi connectivity index (χ3v) is 1.98. The zero-order valence-electron chi connectivity index (χ0n) is 6.54. The largest absolute Gasteiger partial charge is 0.0891 e. The van der Waals surface area contributed by atoms with Gasteiger partial charge in [-0.15, -0.1) is 0 Å². The summed E-state index contributed by atoms with van der Waals surface area (Å²) in [5.41, 5.74) is 0.963. The number of hydrogen-bond donors (Lipinski definition) is 0. The van der Waals surface area contributed by atoms with E-state index in [0.717, 1.165) is 22.1 Å². The summed E-state index contributed by atoms with van der Waals surface area (Å²) in [4.78, 5) is 0. The minimum Gasteiger partial charge on any atom is -0.0891 e. The van der Waals surface area contributed by atoms with E-state index < -0.39 is 0 Å². The third-order valence-electron chi connectivity index (χ3n) is 1.26. The molecule has 0 aliphatic heterocycles. The zero-order chi connectivity index (χ0) is 8.15. The first kappa shape index (κ1) is 10.1. The first-order valence-electron chi connectivity index (χ1n) is 3.28. The van der Waals surface area contributed by atoms with Gasteiger partial charge in [0.15, 0.2) is 0 Å². The number of halogens is 2. The Balaban J connectivity index is 4.36. The van der Waals surface area contributed by atoms with Gasteiger partial charge in [-0.1, -0.05) is 36.2 Å². The fourth-order valence-corrected chi connectivity index (χ4v) is 0.943. The van der Waals surface area contributed by atoms with E-state index in [2.05, 4.69) is 0 Å². The van der Waals surface area contributed by atoms with Crippen LogP contribution in [0.15, 0.2) is 21.7 Å². The van der Waals surface area contributed by atoms with E-state index in [1.807, 2.05) is 26.8 Å². The summed E-state index contributed by atoms with van der Waals surface area (Å²) in [5, 5.41) is 1.52. The second-order valence-corrected chi connectivity index (χ2v) is 3.09. The molecule has 0 rings (SSSR count). The van der Waals surface area contributed by atoms with E-state index in [9.17, 15) is 0 Å². The average molecular weight is 179 g/mol. The van der Waals surface area contributed by atoms with Crippen LogP contribution in [0.1, 0.15) is 27.2 Å². The van der Waals surface area contributed by atoms with Crippen LogP contribution in [0.4, 0.5) is 0 Å². The molecule has 0 N–H and O–H groups in total. The molecular formula is C8H12Cl2. The molecule has 0 amide bonds. The van der Waals surface area contributed by atoms with Gasteiger partial charge in [0.2, 0.25) is 0 Å². The van der Waals surface area contributed by atoms with Gasteiger partial charge in [-0.3, -0.25) is 0 Å². The van der Waals surface area contributed by atoms with Crippen LogP contribution >= 0.6 is 23.2 Å². The molecule has 0 unspecified atom stereocenters. The molecule has 58 valence electrons. The molecule has 0 saturated carbocycles. The molecule has 2 heteroatoms. The maximum absolute atomic E-state index is 5.85. The Kier molecular flexibility index (Phi) is 4.84. The first-order chi connectivity index (χ1) is 4.59. The quantitative estimate of drug-likeness (QED) is 0.561. The average Bonchev–Trinajstić information content (AvgIpc) is 1.87. The molecule has 0 aliphatic carbocycles. The topological polar surface area (TPSA) is 0 Å². The Morgan fingerprint density at radius 2 is 1.80 bits per heavy atom. The Hall–Kier alpha value is 0.0600. The van der Waals surface area contributed by atoms with Gasteiger partial charge >= 0.3 is 0 Å². The van der Waals surface area contributed by atoms with Crippen LogP contribution in [-0.4, -0.2) is 0 Å². The second-order valence-electron chi connectivity index (χ2n) is 2.12. The molecular weight excluding hydrogens is 167 g/mol. The van der Waals surface area contributed by atoms with Crippen molar-refractivity contribution in [3.05, 3.63) is 21.7 Å². The lowest BCUT2D eigenvalue weighted by Crippen LogP contribution is -1.77. The molecule has 0 heterocycles. The highest BCUT2D eigenvalue weighted by Gasteiger charge is 1.96. The van der Waals surface area contributed by atoms with E-state index in [1.165, 1.54) is 0 Å². The van der Waals surface area contributed by atoms with E-state index >= 15 is 0 Å². The van der Waals surface area contributed by atoms with Gasteiger partial charge in [0.25, 0.3) is 0 Å². The fourth-order valence-electron chi connectivity index (χ4n) is 0.497. The normalized spacial score (nSPS) is 15.1. The predicted octanol–water partition coefficient (Wildman–Crippen LogP) is 4.05. The summed E-state index contributed by atoms with van der Waals surface area (Å²) in [6.45, 7) is 5.79. The van der Waals surface area contributed by atoms with Crippen molar-refractivity contribution in [2.24, 2.45) is 0 Å². The molecule has 0 atom stereocenters. The molecule has 0 radical (unpaired) electrons. The number of hydrogen-bond acceptors (Lipinski definition) is 0. The first-order valence-corrected chi connectivity index (χ1v) is 4.04.